The summed E-state index contributed by atoms with van der Waals surface area (Å²) in [6.45, 7) is 0.528. The number of nitrogens with zero attached hydrogens (tertiary/aromatic N) is 2. The maximum atomic E-state index is 13.3. The standard InChI is InChI=1S/C25H25F3N2O4/c26-25(27,28)19-7-3-4-16(10-19)13-30(24(31)17-5-1-2-6-17)14-20-12-21(29-34-20)18-8-9-22-23(11-18)33-15-32-22/h3-4,7-11,17,20H,1-2,5-6,12-15H2/t20-/m1/s1. The highest BCUT2D eigenvalue weighted by atomic mass is 19.4. The first-order valence-electron chi connectivity index (χ1n) is 11.4. The van der Waals surface area contributed by atoms with Gasteiger partial charge >= 0.3 is 6.18 Å². The fourth-order valence-electron chi connectivity index (χ4n) is 4.75. The van der Waals surface area contributed by atoms with Crippen LogP contribution in [0.25, 0.3) is 0 Å². The van der Waals surface area contributed by atoms with Gasteiger partial charge in [0.1, 0.15) is 0 Å². The molecule has 6 nitrogen and oxygen atoms in total. The van der Waals surface area contributed by atoms with Gasteiger partial charge in [0.15, 0.2) is 17.6 Å². The van der Waals surface area contributed by atoms with Crippen LogP contribution in [-0.2, 0) is 22.4 Å². The van der Waals surface area contributed by atoms with Crippen molar-refractivity contribution >= 4 is 11.6 Å². The number of ether oxygens (including phenoxy) is 2. The molecule has 0 unspecified atom stereocenters. The van der Waals surface area contributed by atoms with Crippen LogP contribution in [0.1, 0.15) is 48.8 Å². The quantitative estimate of drug-likeness (QED) is 0.581. The molecule has 2 aromatic carbocycles. The molecule has 180 valence electrons. The molecule has 5 rings (SSSR count). The summed E-state index contributed by atoms with van der Waals surface area (Å²) in [7, 11) is 0. The van der Waals surface area contributed by atoms with Crippen molar-refractivity contribution in [1.29, 1.82) is 0 Å². The molecular weight excluding hydrogens is 449 g/mol. The summed E-state index contributed by atoms with van der Waals surface area (Å²) in [4.78, 5) is 20.6. The highest BCUT2D eigenvalue weighted by Gasteiger charge is 2.33. The molecule has 0 bridgehead atoms. The smallest absolute Gasteiger partial charge is 0.416 e. The molecule has 3 aliphatic rings. The largest absolute Gasteiger partial charge is 0.454 e. The monoisotopic (exact) mass is 474 g/mol. The van der Waals surface area contributed by atoms with E-state index in [0.29, 0.717) is 23.5 Å². The molecule has 1 amide bonds. The van der Waals surface area contributed by atoms with E-state index in [4.69, 9.17) is 14.3 Å². The van der Waals surface area contributed by atoms with Gasteiger partial charge < -0.3 is 19.2 Å². The minimum atomic E-state index is -4.43. The van der Waals surface area contributed by atoms with Gasteiger partial charge in [-0.25, -0.2) is 0 Å². The first-order chi connectivity index (χ1) is 16.4. The number of rotatable bonds is 6. The van der Waals surface area contributed by atoms with Gasteiger partial charge in [0.25, 0.3) is 0 Å². The van der Waals surface area contributed by atoms with Crippen molar-refractivity contribution in [3.63, 3.8) is 0 Å². The summed E-state index contributed by atoms with van der Waals surface area (Å²) in [6, 6.07) is 10.7. The van der Waals surface area contributed by atoms with Crippen molar-refractivity contribution in [1.82, 2.24) is 4.90 Å². The lowest BCUT2D eigenvalue weighted by Gasteiger charge is -2.28. The van der Waals surface area contributed by atoms with Gasteiger partial charge in [-0.05, 0) is 48.7 Å². The van der Waals surface area contributed by atoms with Crippen molar-refractivity contribution in [2.24, 2.45) is 11.1 Å². The van der Waals surface area contributed by atoms with Crippen molar-refractivity contribution in [3.05, 3.63) is 59.2 Å². The van der Waals surface area contributed by atoms with Crippen LogP contribution in [0.3, 0.4) is 0 Å². The van der Waals surface area contributed by atoms with E-state index in [1.807, 2.05) is 18.2 Å². The summed E-state index contributed by atoms with van der Waals surface area (Å²) in [5, 5.41) is 4.21. The fraction of sp³-hybridized carbons (Fsp3) is 0.440. The lowest BCUT2D eigenvalue weighted by atomic mass is 10.0. The molecule has 2 heterocycles. The number of carbonyl (C=O) groups is 1. The van der Waals surface area contributed by atoms with Crippen LogP contribution in [0.2, 0.25) is 0 Å². The van der Waals surface area contributed by atoms with E-state index in [-0.39, 0.29) is 37.8 Å². The molecule has 2 aromatic rings. The molecule has 34 heavy (non-hydrogen) atoms. The predicted octanol–water partition coefficient (Wildman–Crippen LogP) is 5.15. The lowest BCUT2D eigenvalue weighted by Crippen LogP contribution is -2.40. The SMILES string of the molecule is O=C(C1CCCC1)N(Cc1cccc(C(F)(F)F)c1)C[C@H]1CC(c2ccc3c(c2)OCO3)=NO1. The van der Waals surface area contributed by atoms with E-state index in [0.717, 1.165) is 49.1 Å². The van der Waals surface area contributed by atoms with E-state index in [2.05, 4.69) is 5.16 Å². The molecule has 0 radical (unpaired) electrons. The molecule has 9 heteroatoms. The Kier molecular flexibility index (Phi) is 6.10. The number of alkyl halides is 3. The fourth-order valence-corrected chi connectivity index (χ4v) is 4.75. The van der Waals surface area contributed by atoms with Gasteiger partial charge in [0.2, 0.25) is 12.7 Å². The zero-order valence-corrected chi connectivity index (χ0v) is 18.5. The zero-order valence-electron chi connectivity index (χ0n) is 18.5. The zero-order chi connectivity index (χ0) is 23.7. The van der Waals surface area contributed by atoms with Gasteiger partial charge in [-0.3, -0.25) is 4.79 Å². The Labute approximate surface area is 195 Å². The third-order valence-electron chi connectivity index (χ3n) is 6.51. The van der Waals surface area contributed by atoms with Crippen LogP contribution >= 0.6 is 0 Å². The van der Waals surface area contributed by atoms with Crippen LogP contribution in [0.5, 0.6) is 11.5 Å². The number of amides is 1. The van der Waals surface area contributed by atoms with E-state index in [1.165, 1.54) is 6.07 Å². The number of hydrogen-bond acceptors (Lipinski definition) is 5. The van der Waals surface area contributed by atoms with Crippen molar-refractivity contribution in [2.75, 3.05) is 13.3 Å². The summed E-state index contributed by atoms with van der Waals surface area (Å²) in [5.74, 6) is 1.19. The average molecular weight is 474 g/mol. The van der Waals surface area contributed by atoms with Gasteiger partial charge in [-0.15, -0.1) is 0 Å². The number of fused-ring (bicyclic) bond motifs is 1. The second-order valence-electron chi connectivity index (χ2n) is 8.94. The summed E-state index contributed by atoms with van der Waals surface area (Å²) < 4.78 is 50.3. The van der Waals surface area contributed by atoms with Crippen LogP contribution < -0.4 is 9.47 Å². The van der Waals surface area contributed by atoms with Crippen molar-refractivity contribution < 1.29 is 32.3 Å². The molecule has 1 saturated carbocycles. The molecule has 0 N–H and O–H groups in total. The first kappa shape index (κ1) is 22.6. The van der Waals surface area contributed by atoms with Crippen molar-refractivity contribution in [3.8, 4) is 11.5 Å². The molecular formula is C25H25F3N2O4. The Morgan fingerprint density at radius 2 is 1.85 bits per heavy atom. The second-order valence-corrected chi connectivity index (χ2v) is 8.94. The highest BCUT2D eigenvalue weighted by Crippen LogP contribution is 2.34. The van der Waals surface area contributed by atoms with Crippen LogP contribution in [0, 0.1) is 5.92 Å². The Balaban J connectivity index is 1.30. The minimum Gasteiger partial charge on any atom is -0.454 e. The molecule has 2 aliphatic heterocycles. The molecule has 0 aromatic heterocycles. The minimum absolute atomic E-state index is 0.0324. The number of carbonyl (C=O) groups excluding carboxylic acids is 1. The number of benzene rings is 2. The van der Waals surface area contributed by atoms with Gasteiger partial charge in [-0.2, -0.15) is 13.2 Å². The van der Waals surface area contributed by atoms with Crippen molar-refractivity contribution in [2.45, 2.75) is 50.9 Å². The third-order valence-corrected chi connectivity index (χ3v) is 6.51. The highest BCUT2D eigenvalue weighted by molar-refractivity contribution is 6.01. The Hall–Kier alpha value is -3.23. The normalized spacial score (nSPS) is 19.7. The summed E-state index contributed by atoms with van der Waals surface area (Å²) in [6.07, 6.45) is -0.729. The van der Waals surface area contributed by atoms with E-state index in [1.54, 1.807) is 11.0 Å². The molecule has 0 spiro atoms. The maximum Gasteiger partial charge on any atom is 0.416 e. The second kappa shape index (κ2) is 9.19. The van der Waals surface area contributed by atoms with Gasteiger partial charge in [-0.1, -0.05) is 30.1 Å². The van der Waals surface area contributed by atoms with Gasteiger partial charge in [0, 0.05) is 24.4 Å². The topological polar surface area (TPSA) is 60.4 Å². The average Bonchev–Trinajstić information content (AvgIpc) is 3.59. The Morgan fingerprint density at radius 3 is 2.65 bits per heavy atom. The summed E-state index contributed by atoms with van der Waals surface area (Å²) >= 11 is 0. The number of hydrogen-bond donors (Lipinski definition) is 0. The van der Waals surface area contributed by atoms with Gasteiger partial charge in [0.05, 0.1) is 17.8 Å². The Morgan fingerprint density at radius 1 is 1.06 bits per heavy atom. The molecule has 1 atom stereocenters. The molecule has 1 fully saturated rings. The van der Waals surface area contributed by atoms with Crippen LogP contribution in [0.15, 0.2) is 47.6 Å². The summed E-state index contributed by atoms with van der Waals surface area (Å²) in [5.41, 5.74) is 1.30. The number of halogens is 3. The van der Waals surface area contributed by atoms with E-state index < -0.39 is 11.7 Å². The predicted molar refractivity (Wildman–Crippen MR) is 117 cm³/mol. The van der Waals surface area contributed by atoms with E-state index in [9.17, 15) is 18.0 Å². The third kappa shape index (κ3) is 4.83. The Bertz CT molecular complexity index is 1100. The van der Waals surface area contributed by atoms with Crippen LogP contribution in [0.4, 0.5) is 13.2 Å². The van der Waals surface area contributed by atoms with E-state index >= 15 is 0 Å². The van der Waals surface area contributed by atoms with Crippen LogP contribution in [-0.4, -0.2) is 36.0 Å². The number of oxime groups is 1. The molecule has 0 saturated heterocycles. The first-order valence-corrected chi connectivity index (χ1v) is 11.4. The molecule has 1 aliphatic carbocycles. The lowest BCUT2D eigenvalue weighted by molar-refractivity contribution is -0.137. The maximum absolute atomic E-state index is 13.3.